The molecule has 27 heavy (non-hydrogen) atoms. The van der Waals surface area contributed by atoms with Crippen LogP contribution in [0.2, 0.25) is 0 Å². The molecule has 4 rings (SSSR count). The van der Waals surface area contributed by atoms with E-state index in [0.717, 1.165) is 55.9 Å². The van der Waals surface area contributed by atoms with E-state index in [2.05, 4.69) is 47.0 Å². The number of aromatic amines is 1. The van der Waals surface area contributed by atoms with Crippen LogP contribution in [0.1, 0.15) is 11.1 Å². The van der Waals surface area contributed by atoms with Crippen LogP contribution in [0.25, 0.3) is 22.2 Å². The van der Waals surface area contributed by atoms with Crippen LogP contribution < -0.4 is 5.56 Å². The van der Waals surface area contributed by atoms with Crippen LogP contribution in [0.4, 0.5) is 0 Å². The molecule has 0 amide bonds. The third-order valence-corrected chi connectivity index (χ3v) is 5.49. The lowest BCUT2D eigenvalue weighted by atomic mass is 10.0. The number of piperazine rings is 1. The fourth-order valence-electron chi connectivity index (χ4n) is 3.72. The summed E-state index contributed by atoms with van der Waals surface area (Å²) in [6, 6.07) is 12.2. The van der Waals surface area contributed by atoms with Gasteiger partial charge in [-0.25, -0.2) is 4.98 Å². The molecule has 0 saturated carbocycles. The summed E-state index contributed by atoms with van der Waals surface area (Å²) in [4.78, 5) is 24.5. The van der Waals surface area contributed by atoms with E-state index < -0.39 is 0 Å². The maximum Gasteiger partial charge on any atom is 0.257 e. The smallest absolute Gasteiger partial charge is 0.257 e. The van der Waals surface area contributed by atoms with Crippen LogP contribution in [0.5, 0.6) is 0 Å². The average Bonchev–Trinajstić information content (AvgIpc) is 2.68. The van der Waals surface area contributed by atoms with Crippen LogP contribution in [-0.4, -0.2) is 59.5 Å². The zero-order valence-corrected chi connectivity index (χ0v) is 16.0. The predicted octanol–water partition coefficient (Wildman–Crippen LogP) is 2.69. The van der Waals surface area contributed by atoms with Crippen LogP contribution in [-0.2, 0) is 6.42 Å². The summed E-state index contributed by atoms with van der Waals surface area (Å²) in [6.45, 7) is 7.81. The Morgan fingerprint density at radius 1 is 1.11 bits per heavy atom. The number of pyridine rings is 2. The first kappa shape index (κ1) is 17.9. The number of nitrogens with one attached hydrogen (secondary N) is 1. The first-order valence-corrected chi connectivity index (χ1v) is 9.59. The highest BCUT2D eigenvalue weighted by atomic mass is 16.1. The molecule has 0 radical (unpaired) electrons. The van der Waals surface area contributed by atoms with Gasteiger partial charge in [-0.1, -0.05) is 6.07 Å². The van der Waals surface area contributed by atoms with Gasteiger partial charge < -0.3 is 14.8 Å². The zero-order chi connectivity index (χ0) is 18.8. The number of aromatic nitrogens is 2. The minimum absolute atomic E-state index is 0.104. The number of nitrogens with zero attached hydrogens (tertiary/aromatic N) is 3. The number of H-pyrrole nitrogens is 1. The quantitative estimate of drug-likeness (QED) is 0.775. The van der Waals surface area contributed by atoms with Crippen molar-refractivity contribution in [1.29, 1.82) is 0 Å². The van der Waals surface area contributed by atoms with Gasteiger partial charge in [-0.05, 0) is 61.9 Å². The van der Waals surface area contributed by atoms with E-state index in [1.54, 1.807) is 6.20 Å². The van der Waals surface area contributed by atoms with Crippen LogP contribution in [0.3, 0.4) is 0 Å². The van der Waals surface area contributed by atoms with Crippen LogP contribution >= 0.6 is 0 Å². The molecule has 1 saturated heterocycles. The lowest BCUT2D eigenvalue weighted by Crippen LogP contribution is -2.45. The number of fused-ring (bicyclic) bond motifs is 1. The molecule has 0 aliphatic carbocycles. The van der Waals surface area contributed by atoms with Crippen LogP contribution in [0.15, 0.2) is 47.4 Å². The second-order valence-corrected chi connectivity index (χ2v) is 7.48. The van der Waals surface area contributed by atoms with E-state index in [-0.39, 0.29) is 5.56 Å². The van der Waals surface area contributed by atoms with Crippen molar-refractivity contribution in [2.75, 3.05) is 39.8 Å². The molecule has 1 N–H and O–H groups in total. The Morgan fingerprint density at radius 2 is 1.93 bits per heavy atom. The molecule has 1 aliphatic heterocycles. The standard InChI is InChI=1S/C22H26N4O/c1-16-14-21(18-4-3-8-23-22(18)27)24-20-6-5-17(15-19(16)20)7-9-26-12-10-25(2)11-13-26/h3-6,8,14-15H,7,9-13H2,1-2H3,(H,23,27). The Bertz CT molecular complexity index is 1000. The molecule has 0 atom stereocenters. The third kappa shape index (κ3) is 3.94. The summed E-state index contributed by atoms with van der Waals surface area (Å²) in [5.74, 6) is 0. The molecule has 3 aromatic rings. The predicted molar refractivity (Wildman–Crippen MR) is 110 cm³/mol. The van der Waals surface area contributed by atoms with Crippen molar-refractivity contribution in [3.63, 3.8) is 0 Å². The molecule has 1 fully saturated rings. The van der Waals surface area contributed by atoms with Crippen molar-refractivity contribution >= 4 is 10.9 Å². The summed E-state index contributed by atoms with van der Waals surface area (Å²) in [7, 11) is 2.19. The Morgan fingerprint density at radius 3 is 2.70 bits per heavy atom. The molecule has 5 nitrogen and oxygen atoms in total. The normalized spacial score (nSPS) is 16.1. The number of hydrogen-bond donors (Lipinski definition) is 1. The largest absolute Gasteiger partial charge is 0.329 e. The second kappa shape index (κ2) is 7.62. The average molecular weight is 362 g/mol. The summed E-state index contributed by atoms with van der Waals surface area (Å²) in [5, 5.41) is 1.17. The highest BCUT2D eigenvalue weighted by Gasteiger charge is 2.14. The van der Waals surface area contributed by atoms with Crippen LogP contribution in [0, 0.1) is 6.92 Å². The molecule has 5 heteroatoms. The van der Waals surface area contributed by atoms with Crippen molar-refractivity contribution in [2.24, 2.45) is 0 Å². The maximum absolute atomic E-state index is 12.1. The van der Waals surface area contributed by atoms with Gasteiger partial charge in [0.05, 0.1) is 16.8 Å². The number of likely N-dealkylation sites (N-methyl/N-ethyl adjacent to an activating group) is 1. The minimum atomic E-state index is -0.104. The van der Waals surface area contributed by atoms with Gasteiger partial charge in [0.15, 0.2) is 0 Å². The summed E-state index contributed by atoms with van der Waals surface area (Å²) >= 11 is 0. The van der Waals surface area contributed by atoms with E-state index in [1.807, 2.05) is 18.2 Å². The second-order valence-electron chi connectivity index (χ2n) is 7.48. The van der Waals surface area contributed by atoms with Crippen molar-refractivity contribution in [3.05, 3.63) is 64.1 Å². The molecule has 0 unspecified atom stereocenters. The van der Waals surface area contributed by atoms with Gasteiger partial charge in [0.25, 0.3) is 5.56 Å². The van der Waals surface area contributed by atoms with Gasteiger partial charge in [-0.15, -0.1) is 0 Å². The van der Waals surface area contributed by atoms with E-state index >= 15 is 0 Å². The molecular weight excluding hydrogens is 336 g/mol. The maximum atomic E-state index is 12.1. The Kier molecular flexibility index (Phi) is 5.05. The highest BCUT2D eigenvalue weighted by molar-refractivity contribution is 5.85. The monoisotopic (exact) mass is 362 g/mol. The zero-order valence-electron chi connectivity index (χ0n) is 16.0. The lowest BCUT2D eigenvalue weighted by Gasteiger charge is -2.32. The van der Waals surface area contributed by atoms with E-state index in [0.29, 0.717) is 5.56 Å². The molecular formula is C22H26N4O. The summed E-state index contributed by atoms with van der Waals surface area (Å²) in [6.07, 6.45) is 2.70. The fourth-order valence-corrected chi connectivity index (χ4v) is 3.72. The first-order valence-electron chi connectivity index (χ1n) is 9.59. The number of aryl methyl sites for hydroxylation is 1. The molecule has 140 valence electrons. The molecule has 1 aromatic carbocycles. The third-order valence-electron chi connectivity index (χ3n) is 5.49. The van der Waals surface area contributed by atoms with Crippen molar-refractivity contribution in [2.45, 2.75) is 13.3 Å². The number of hydrogen-bond acceptors (Lipinski definition) is 4. The van der Waals surface area contributed by atoms with Gasteiger partial charge in [0.2, 0.25) is 0 Å². The molecule has 1 aliphatic rings. The van der Waals surface area contributed by atoms with Crippen molar-refractivity contribution in [3.8, 4) is 11.3 Å². The lowest BCUT2D eigenvalue weighted by molar-refractivity contribution is 0.155. The van der Waals surface area contributed by atoms with Gasteiger partial charge >= 0.3 is 0 Å². The van der Waals surface area contributed by atoms with Crippen molar-refractivity contribution in [1.82, 2.24) is 19.8 Å². The van der Waals surface area contributed by atoms with Gasteiger partial charge in [0.1, 0.15) is 0 Å². The van der Waals surface area contributed by atoms with E-state index in [1.165, 1.54) is 10.9 Å². The molecule has 3 heterocycles. The summed E-state index contributed by atoms with van der Waals surface area (Å²) in [5.41, 5.74) is 4.68. The SMILES string of the molecule is Cc1cc(-c2ccc[nH]c2=O)nc2ccc(CCN3CCN(C)CC3)cc12. The highest BCUT2D eigenvalue weighted by Crippen LogP contribution is 2.24. The van der Waals surface area contributed by atoms with E-state index in [9.17, 15) is 4.79 Å². The van der Waals surface area contributed by atoms with Gasteiger partial charge in [-0.2, -0.15) is 0 Å². The number of benzene rings is 1. The van der Waals surface area contributed by atoms with E-state index in [4.69, 9.17) is 4.98 Å². The Labute approximate surface area is 159 Å². The first-order chi connectivity index (χ1) is 13.1. The Hall–Kier alpha value is -2.50. The topological polar surface area (TPSA) is 52.2 Å². The minimum Gasteiger partial charge on any atom is -0.329 e. The number of rotatable bonds is 4. The van der Waals surface area contributed by atoms with Crippen molar-refractivity contribution < 1.29 is 0 Å². The van der Waals surface area contributed by atoms with Gasteiger partial charge in [-0.3, -0.25) is 4.79 Å². The van der Waals surface area contributed by atoms with Gasteiger partial charge in [0, 0.05) is 44.3 Å². The summed E-state index contributed by atoms with van der Waals surface area (Å²) < 4.78 is 0. The molecule has 2 aromatic heterocycles. The fraction of sp³-hybridized carbons (Fsp3) is 0.364. The molecule has 0 bridgehead atoms. The molecule has 0 spiro atoms. The Balaban J connectivity index is 1.56.